The van der Waals surface area contributed by atoms with E-state index in [1.165, 1.54) is 0 Å². The van der Waals surface area contributed by atoms with E-state index in [4.69, 9.17) is 16.9 Å². The Bertz CT molecular complexity index is 742. The second kappa shape index (κ2) is 5.82. The van der Waals surface area contributed by atoms with Crippen LogP contribution in [0.4, 0.5) is 0 Å². The van der Waals surface area contributed by atoms with Crippen LogP contribution in [0.15, 0.2) is 48.5 Å². The summed E-state index contributed by atoms with van der Waals surface area (Å²) >= 11 is 6.03. The zero-order chi connectivity index (χ0) is 15.6. The average Bonchev–Trinajstić information content (AvgIpc) is 3.35. The molecule has 3 rings (SSSR count). The summed E-state index contributed by atoms with van der Waals surface area (Å²) < 4.78 is 0. The molecule has 1 aliphatic rings. The third-order valence-electron chi connectivity index (χ3n) is 4.10. The van der Waals surface area contributed by atoms with Gasteiger partial charge >= 0.3 is 0 Å². The monoisotopic (exact) mass is 310 g/mol. The molecule has 3 nitrogen and oxygen atoms in total. The highest BCUT2D eigenvalue weighted by Gasteiger charge is 2.51. The summed E-state index contributed by atoms with van der Waals surface area (Å²) in [6.07, 6.45) is 1.71. The molecule has 1 saturated carbocycles. The molecular formula is C18H15ClN2O. The van der Waals surface area contributed by atoms with Crippen LogP contribution < -0.4 is 5.32 Å². The summed E-state index contributed by atoms with van der Waals surface area (Å²) in [5, 5.41) is 12.4. The third kappa shape index (κ3) is 2.84. The van der Waals surface area contributed by atoms with Crippen molar-refractivity contribution in [3.63, 3.8) is 0 Å². The lowest BCUT2D eigenvalue weighted by atomic mass is 9.95. The highest BCUT2D eigenvalue weighted by Crippen LogP contribution is 2.48. The second-order valence-electron chi connectivity index (χ2n) is 5.58. The molecule has 22 heavy (non-hydrogen) atoms. The van der Waals surface area contributed by atoms with Gasteiger partial charge in [-0.1, -0.05) is 35.9 Å². The third-order valence-corrected chi connectivity index (χ3v) is 4.33. The largest absolute Gasteiger partial charge is 0.351 e. The minimum absolute atomic E-state index is 0.0409. The summed E-state index contributed by atoms with van der Waals surface area (Å²) in [5.41, 5.74) is 2.16. The van der Waals surface area contributed by atoms with Crippen LogP contribution in [0.5, 0.6) is 0 Å². The van der Waals surface area contributed by atoms with Gasteiger partial charge in [-0.2, -0.15) is 5.26 Å². The maximum atomic E-state index is 12.5. The molecule has 1 aliphatic carbocycles. The molecule has 2 aromatic rings. The van der Waals surface area contributed by atoms with Gasteiger partial charge in [0.15, 0.2) is 0 Å². The average molecular weight is 311 g/mol. The van der Waals surface area contributed by atoms with Crippen molar-refractivity contribution in [3.05, 3.63) is 70.2 Å². The predicted molar refractivity (Wildman–Crippen MR) is 85.4 cm³/mol. The first kappa shape index (κ1) is 14.6. The zero-order valence-electron chi connectivity index (χ0n) is 12.0. The topological polar surface area (TPSA) is 52.9 Å². The van der Waals surface area contributed by atoms with Crippen LogP contribution in [0.1, 0.15) is 29.5 Å². The first-order valence-electron chi connectivity index (χ1n) is 7.17. The fraction of sp³-hybridized carbons (Fsp3) is 0.222. The van der Waals surface area contributed by atoms with Crippen LogP contribution >= 0.6 is 11.6 Å². The first-order valence-corrected chi connectivity index (χ1v) is 7.55. The summed E-state index contributed by atoms with van der Waals surface area (Å²) in [7, 11) is 0. The lowest BCUT2D eigenvalue weighted by molar-refractivity contribution is -0.123. The number of benzene rings is 2. The highest BCUT2D eigenvalue weighted by atomic mass is 35.5. The van der Waals surface area contributed by atoms with Crippen LogP contribution in [-0.2, 0) is 16.8 Å². The van der Waals surface area contributed by atoms with Crippen molar-refractivity contribution >= 4 is 17.5 Å². The number of carbonyl (C=O) groups is 1. The smallest absolute Gasteiger partial charge is 0.230 e. The van der Waals surface area contributed by atoms with Crippen molar-refractivity contribution in [2.75, 3.05) is 0 Å². The fourth-order valence-electron chi connectivity index (χ4n) is 2.61. The summed E-state index contributed by atoms with van der Waals surface area (Å²) in [6, 6.07) is 16.8. The minimum atomic E-state index is -0.419. The van der Waals surface area contributed by atoms with Crippen LogP contribution in [0.25, 0.3) is 0 Å². The van der Waals surface area contributed by atoms with Gasteiger partial charge < -0.3 is 5.32 Å². The predicted octanol–water partition coefficient (Wildman–Crippen LogP) is 3.56. The molecule has 0 bridgehead atoms. The Morgan fingerprint density at radius 3 is 2.55 bits per heavy atom. The van der Waals surface area contributed by atoms with Crippen LogP contribution in [0, 0.1) is 11.3 Å². The maximum Gasteiger partial charge on any atom is 0.230 e. The molecule has 0 atom stereocenters. The molecular weight excluding hydrogens is 296 g/mol. The van der Waals surface area contributed by atoms with E-state index >= 15 is 0 Å². The van der Waals surface area contributed by atoms with E-state index in [2.05, 4.69) is 11.4 Å². The van der Waals surface area contributed by atoms with Gasteiger partial charge in [0.05, 0.1) is 17.0 Å². The van der Waals surface area contributed by atoms with E-state index < -0.39 is 5.41 Å². The lowest BCUT2D eigenvalue weighted by Gasteiger charge is -2.16. The molecule has 0 saturated heterocycles. The van der Waals surface area contributed by atoms with Crippen molar-refractivity contribution in [2.45, 2.75) is 24.8 Å². The van der Waals surface area contributed by atoms with E-state index in [-0.39, 0.29) is 5.91 Å². The fourth-order valence-corrected chi connectivity index (χ4v) is 2.80. The van der Waals surface area contributed by atoms with Gasteiger partial charge in [-0.15, -0.1) is 0 Å². The van der Waals surface area contributed by atoms with E-state index in [9.17, 15) is 4.79 Å². The van der Waals surface area contributed by atoms with Crippen LogP contribution in [0.2, 0.25) is 5.02 Å². The van der Waals surface area contributed by atoms with Gasteiger partial charge in [-0.25, -0.2) is 0 Å². The zero-order valence-corrected chi connectivity index (χ0v) is 12.7. The summed E-state index contributed by atoms with van der Waals surface area (Å²) in [4.78, 5) is 12.5. The molecule has 0 spiro atoms. The van der Waals surface area contributed by atoms with E-state index in [0.717, 1.165) is 24.0 Å². The van der Waals surface area contributed by atoms with Gasteiger partial charge in [0.1, 0.15) is 0 Å². The number of hydrogen-bond donors (Lipinski definition) is 1. The molecule has 0 heterocycles. The Balaban J connectivity index is 1.68. The number of nitriles is 1. The number of carbonyl (C=O) groups excluding carboxylic acids is 1. The van der Waals surface area contributed by atoms with Gasteiger partial charge in [0.2, 0.25) is 5.91 Å². The van der Waals surface area contributed by atoms with Crippen molar-refractivity contribution in [3.8, 4) is 6.07 Å². The first-order chi connectivity index (χ1) is 10.6. The van der Waals surface area contributed by atoms with Crippen LogP contribution in [0.3, 0.4) is 0 Å². The van der Waals surface area contributed by atoms with Crippen molar-refractivity contribution < 1.29 is 4.79 Å². The molecule has 110 valence electrons. The maximum absolute atomic E-state index is 12.5. The number of nitrogens with one attached hydrogen (secondary N) is 1. The molecule has 0 aliphatic heterocycles. The minimum Gasteiger partial charge on any atom is -0.351 e. The number of halogens is 1. The van der Waals surface area contributed by atoms with Gasteiger partial charge in [-0.05, 0) is 48.2 Å². The number of rotatable bonds is 4. The summed E-state index contributed by atoms with van der Waals surface area (Å²) in [5.74, 6) is 0.0409. The summed E-state index contributed by atoms with van der Waals surface area (Å²) in [6.45, 7) is 0.465. The van der Waals surface area contributed by atoms with Gasteiger partial charge in [0.25, 0.3) is 0 Å². The molecule has 0 radical (unpaired) electrons. The van der Waals surface area contributed by atoms with Crippen LogP contribution in [-0.4, -0.2) is 5.91 Å². The standard InChI is InChI=1S/C18H15ClN2O/c19-16-3-1-2-15(10-16)18(8-9-18)17(22)21-12-14-6-4-13(11-20)5-7-14/h1-7,10H,8-9,12H2,(H,21,22). The second-order valence-corrected chi connectivity index (χ2v) is 6.02. The SMILES string of the molecule is N#Cc1ccc(CNC(=O)C2(c3cccc(Cl)c3)CC2)cc1. The number of amides is 1. The van der Waals surface area contributed by atoms with E-state index in [0.29, 0.717) is 17.1 Å². The molecule has 1 amide bonds. The van der Waals surface area contributed by atoms with Gasteiger partial charge in [0, 0.05) is 11.6 Å². The van der Waals surface area contributed by atoms with E-state index in [1.807, 2.05) is 36.4 Å². The Kier molecular flexibility index (Phi) is 3.87. The molecule has 4 heteroatoms. The normalized spacial score (nSPS) is 14.9. The number of hydrogen-bond acceptors (Lipinski definition) is 2. The molecule has 0 aromatic heterocycles. The lowest BCUT2D eigenvalue weighted by Crippen LogP contribution is -2.34. The quantitative estimate of drug-likeness (QED) is 0.938. The highest BCUT2D eigenvalue weighted by molar-refractivity contribution is 6.30. The molecule has 2 aromatic carbocycles. The molecule has 1 fully saturated rings. The van der Waals surface area contributed by atoms with E-state index in [1.54, 1.807) is 12.1 Å². The molecule has 1 N–H and O–H groups in total. The van der Waals surface area contributed by atoms with Crippen molar-refractivity contribution in [2.24, 2.45) is 0 Å². The Hall–Kier alpha value is -2.31. The Morgan fingerprint density at radius 2 is 1.95 bits per heavy atom. The van der Waals surface area contributed by atoms with Crippen molar-refractivity contribution in [1.29, 1.82) is 5.26 Å². The van der Waals surface area contributed by atoms with Crippen molar-refractivity contribution in [1.82, 2.24) is 5.32 Å². The van der Waals surface area contributed by atoms with Gasteiger partial charge in [-0.3, -0.25) is 4.79 Å². The Morgan fingerprint density at radius 1 is 1.23 bits per heavy atom. The Labute approximate surface area is 134 Å². The molecule has 0 unspecified atom stereocenters. The number of nitrogens with zero attached hydrogens (tertiary/aromatic N) is 1.